The van der Waals surface area contributed by atoms with E-state index in [4.69, 9.17) is 66.3 Å². The normalized spacial score (nSPS) is 34.1. The zero-order chi connectivity index (χ0) is 50.1. The highest BCUT2D eigenvalue weighted by atomic mass is 16.9. The van der Waals surface area contributed by atoms with Crippen molar-refractivity contribution in [3.8, 4) is 0 Å². The van der Waals surface area contributed by atoms with Gasteiger partial charge >= 0.3 is 12.1 Å². The highest BCUT2D eigenvalue weighted by molar-refractivity contribution is 5.87. The molecule has 0 aromatic rings. The largest absolute Gasteiger partial charge is 0.469 e. The fraction of sp³-hybridized carbons (Fsp3) is 0.860. The first-order valence-electron chi connectivity index (χ1n) is 22.5. The zero-order valence-electron chi connectivity index (χ0n) is 40.9. The van der Waals surface area contributed by atoms with Gasteiger partial charge in [0.25, 0.3) is 0 Å². The van der Waals surface area contributed by atoms with Crippen LogP contribution in [-0.4, -0.2) is 192 Å². The number of alkyl carbamates (subject to hydrolysis) is 1. The van der Waals surface area contributed by atoms with E-state index in [0.29, 0.717) is 0 Å². The molecular formula is C43H69N5O20. The number of methoxy groups -OCH3 is 4. The summed E-state index contributed by atoms with van der Waals surface area (Å²) in [5, 5.41) is 13.3. The maximum Gasteiger partial charge on any atom is 0.407 e. The van der Waals surface area contributed by atoms with Crippen molar-refractivity contribution < 1.29 is 95.1 Å². The van der Waals surface area contributed by atoms with Crippen LogP contribution in [0.5, 0.6) is 0 Å². The standard InChI is InChI=1S/C43H69N5O20/c1-40(2,3)68-39(54)48-20(28-31(57-12)34-37(60-28)66-42(6,7)63-34)15-23(50)45-17-24(51)46-19(27-30(56-11)33-36(59-27)65-41(4,5)62-33)14-22(49)44-18-25(52)47-21(16-26(53)55-10)29-32(58-13)35-38(61-29)67-43(8,9)64-35/h19-21,27-38H,14-18H2,1-13H3,(H,44,49)(H,45,50)(H,46,51)(H,47,52)(H,48,54)/t19-,20-,21-,27+,28+,29+,30-,31-,32-,33+,34+,35+,36+,37+,38+/m0/s1. The Morgan fingerprint density at radius 2 is 0.838 bits per heavy atom. The number of carbonyl (C=O) groups excluding carboxylic acids is 6. The molecule has 386 valence electrons. The molecule has 0 unspecified atom stereocenters. The molecule has 25 heteroatoms. The van der Waals surface area contributed by atoms with Crippen LogP contribution in [0.2, 0.25) is 0 Å². The predicted molar refractivity (Wildman–Crippen MR) is 227 cm³/mol. The lowest BCUT2D eigenvalue weighted by Gasteiger charge is -2.31. The summed E-state index contributed by atoms with van der Waals surface area (Å²) in [5.41, 5.74) is -0.867. The summed E-state index contributed by atoms with van der Waals surface area (Å²) >= 11 is 0. The molecule has 6 heterocycles. The van der Waals surface area contributed by atoms with E-state index >= 15 is 0 Å². The molecule has 0 saturated carbocycles. The minimum atomic E-state index is -1.13. The predicted octanol–water partition coefficient (Wildman–Crippen LogP) is -0.901. The monoisotopic (exact) mass is 975 g/mol. The zero-order valence-corrected chi connectivity index (χ0v) is 40.9. The second-order valence-corrected chi connectivity index (χ2v) is 19.7. The van der Waals surface area contributed by atoms with Gasteiger partial charge in [0.2, 0.25) is 23.6 Å². The minimum absolute atomic E-state index is 0.304. The smallest absolute Gasteiger partial charge is 0.407 e. The van der Waals surface area contributed by atoms with Crippen LogP contribution in [0.1, 0.15) is 81.6 Å². The Morgan fingerprint density at radius 3 is 1.16 bits per heavy atom. The molecule has 6 fully saturated rings. The lowest BCUT2D eigenvalue weighted by atomic mass is 9.99. The molecule has 15 atom stereocenters. The summed E-state index contributed by atoms with van der Waals surface area (Å²) in [4.78, 5) is 79.7. The molecule has 25 nitrogen and oxygen atoms in total. The number of amides is 5. The molecule has 0 spiro atoms. The van der Waals surface area contributed by atoms with Crippen LogP contribution in [0.3, 0.4) is 0 Å². The number of hydrogen-bond donors (Lipinski definition) is 5. The molecule has 5 N–H and O–H groups in total. The quantitative estimate of drug-likeness (QED) is 0.0980. The van der Waals surface area contributed by atoms with E-state index in [-0.39, 0.29) is 12.8 Å². The van der Waals surface area contributed by atoms with Gasteiger partial charge in [-0.05, 0) is 62.3 Å². The molecule has 0 aromatic heterocycles. The Morgan fingerprint density at radius 1 is 0.500 bits per heavy atom. The topological polar surface area (TPSA) is 292 Å². The molecule has 6 aliphatic heterocycles. The van der Waals surface area contributed by atoms with Gasteiger partial charge in [-0.1, -0.05) is 0 Å². The number of fused-ring (bicyclic) bond motifs is 3. The second-order valence-electron chi connectivity index (χ2n) is 19.7. The van der Waals surface area contributed by atoms with Crippen molar-refractivity contribution in [2.75, 3.05) is 41.5 Å². The maximum atomic E-state index is 13.7. The van der Waals surface area contributed by atoms with Crippen molar-refractivity contribution in [1.82, 2.24) is 26.6 Å². The van der Waals surface area contributed by atoms with Crippen molar-refractivity contribution in [2.45, 2.75) is 196 Å². The molecule has 6 aliphatic rings. The van der Waals surface area contributed by atoms with Crippen molar-refractivity contribution in [1.29, 1.82) is 0 Å². The fourth-order valence-electron chi connectivity index (χ4n) is 9.18. The molecule has 6 saturated heterocycles. The van der Waals surface area contributed by atoms with Gasteiger partial charge in [0.05, 0.1) is 44.7 Å². The summed E-state index contributed by atoms with van der Waals surface area (Å²) in [7, 11) is 5.50. The lowest BCUT2D eigenvalue weighted by molar-refractivity contribution is -0.220. The van der Waals surface area contributed by atoms with E-state index in [1.807, 2.05) is 0 Å². The molecule has 6 rings (SSSR count). The number of esters is 1. The summed E-state index contributed by atoms with van der Waals surface area (Å²) in [6.45, 7) is 14.2. The van der Waals surface area contributed by atoms with Crippen LogP contribution < -0.4 is 26.6 Å². The number of rotatable bonds is 19. The van der Waals surface area contributed by atoms with Gasteiger partial charge in [0.1, 0.15) is 60.5 Å². The van der Waals surface area contributed by atoms with E-state index in [1.165, 1.54) is 28.4 Å². The van der Waals surface area contributed by atoms with E-state index in [0.717, 1.165) is 0 Å². The van der Waals surface area contributed by atoms with E-state index in [1.54, 1.807) is 62.3 Å². The summed E-state index contributed by atoms with van der Waals surface area (Å²) in [5.74, 6) is -6.36. The first kappa shape index (κ1) is 53.5. The molecule has 0 radical (unpaired) electrons. The van der Waals surface area contributed by atoms with Gasteiger partial charge in [-0.3, -0.25) is 24.0 Å². The Hall–Kier alpha value is -3.86. The Kier molecular flexibility index (Phi) is 16.7. The minimum Gasteiger partial charge on any atom is -0.469 e. The Bertz CT molecular complexity index is 1850. The Balaban J connectivity index is 1.09. The van der Waals surface area contributed by atoms with Crippen molar-refractivity contribution in [3.63, 3.8) is 0 Å². The lowest BCUT2D eigenvalue weighted by Crippen LogP contribution is -2.55. The third-order valence-corrected chi connectivity index (χ3v) is 11.8. The van der Waals surface area contributed by atoms with Crippen molar-refractivity contribution >= 4 is 35.7 Å². The van der Waals surface area contributed by atoms with E-state index in [2.05, 4.69) is 26.6 Å². The van der Waals surface area contributed by atoms with Crippen LogP contribution in [-0.2, 0) is 90.3 Å². The van der Waals surface area contributed by atoms with Crippen LogP contribution in [0.4, 0.5) is 4.79 Å². The first-order valence-corrected chi connectivity index (χ1v) is 22.5. The van der Waals surface area contributed by atoms with Gasteiger partial charge in [0.15, 0.2) is 36.2 Å². The summed E-state index contributed by atoms with van der Waals surface area (Å²) in [6, 6.07) is -3.15. The fourth-order valence-corrected chi connectivity index (χ4v) is 9.18. The number of hydrogen-bond acceptors (Lipinski definition) is 20. The van der Waals surface area contributed by atoms with Crippen molar-refractivity contribution in [2.24, 2.45) is 0 Å². The average molecular weight is 976 g/mol. The van der Waals surface area contributed by atoms with Crippen LogP contribution >= 0.6 is 0 Å². The van der Waals surface area contributed by atoms with Crippen LogP contribution in [0, 0.1) is 0 Å². The van der Waals surface area contributed by atoms with Crippen LogP contribution in [0.25, 0.3) is 0 Å². The molecule has 0 aromatic carbocycles. The SMILES string of the molecule is COC(=O)C[C@H](NC(=O)CNC(=O)C[C@H](NC(=O)CNC(=O)C[C@H](NC(=O)OC(C)(C)C)[C@H]1O[C@@H]2OC(C)(C)O[C@@H]2[C@H]1OC)[C@H]1O[C@@H]2OC(C)(C)O[C@@H]2[C@H]1OC)[C@H]1O[C@@H]2OC(C)(C)O[C@@H]2[C@H]1OC. The third kappa shape index (κ3) is 13.1. The Labute approximate surface area is 394 Å². The highest BCUT2D eigenvalue weighted by Crippen LogP contribution is 2.42. The number of nitrogens with one attached hydrogen (secondary N) is 5. The maximum absolute atomic E-state index is 13.7. The van der Waals surface area contributed by atoms with Gasteiger partial charge in [-0.2, -0.15) is 0 Å². The molecule has 5 amide bonds. The molecule has 0 bridgehead atoms. The summed E-state index contributed by atoms with van der Waals surface area (Å²) in [6.07, 6.45) is -11.8. The first-order chi connectivity index (χ1) is 31.7. The number of carbonyl (C=O) groups is 6. The van der Waals surface area contributed by atoms with Gasteiger partial charge in [0, 0.05) is 34.2 Å². The van der Waals surface area contributed by atoms with Gasteiger partial charge in [-0.15, -0.1) is 0 Å². The molecule has 68 heavy (non-hydrogen) atoms. The van der Waals surface area contributed by atoms with E-state index < -0.39 is 170 Å². The summed E-state index contributed by atoms with van der Waals surface area (Å²) < 4.78 is 81.5. The van der Waals surface area contributed by atoms with Crippen LogP contribution in [0.15, 0.2) is 0 Å². The van der Waals surface area contributed by atoms with E-state index in [9.17, 15) is 28.8 Å². The highest BCUT2D eigenvalue weighted by Gasteiger charge is 2.60. The van der Waals surface area contributed by atoms with Gasteiger partial charge < -0.3 is 92.9 Å². The molecule has 0 aliphatic carbocycles. The van der Waals surface area contributed by atoms with Gasteiger partial charge in [-0.25, -0.2) is 4.79 Å². The third-order valence-electron chi connectivity index (χ3n) is 11.8. The van der Waals surface area contributed by atoms with Crippen molar-refractivity contribution in [3.05, 3.63) is 0 Å². The second kappa shape index (κ2) is 21.2. The average Bonchev–Trinajstić information content (AvgIpc) is 4.04. The molecular weight excluding hydrogens is 906 g/mol. The number of ether oxygens (including phenoxy) is 14.